The van der Waals surface area contributed by atoms with Gasteiger partial charge in [-0.25, -0.2) is 4.39 Å². The first kappa shape index (κ1) is 17.7. The Balaban J connectivity index is 1.86. The van der Waals surface area contributed by atoms with Crippen molar-refractivity contribution in [3.63, 3.8) is 0 Å². The number of rotatable bonds is 7. The lowest BCUT2D eigenvalue weighted by Gasteiger charge is -2.35. The van der Waals surface area contributed by atoms with E-state index in [0.717, 1.165) is 25.9 Å². The molecule has 0 saturated carbocycles. The van der Waals surface area contributed by atoms with E-state index in [9.17, 15) is 9.18 Å². The molecule has 2 N–H and O–H groups in total. The lowest BCUT2D eigenvalue weighted by molar-refractivity contribution is -0.136. The highest BCUT2D eigenvalue weighted by Crippen LogP contribution is 2.29. The number of methoxy groups -OCH3 is 1. The predicted molar refractivity (Wildman–Crippen MR) is 85.9 cm³/mol. The SMILES string of the molecule is COCC1(C(=O)NCC(C)Oc2cccc(F)c2)CCNCC1. The molecule has 1 amide bonds. The van der Waals surface area contributed by atoms with Crippen molar-refractivity contribution in [3.05, 3.63) is 30.1 Å². The van der Waals surface area contributed by atoms with Gasteiger partial charge in [-0.05, 0) is 45.0 Å². The number of carbonyl (C=O) groups excluding carboxylic acids is 1. The van der Waals surface area contributed by atoms with Crippen LogP contribution in [0.3, 0.4) is 0 Å². The fourth-order valence-corrected chi connectivity index (χ4v) is 2.86. The average molecular weight is 324 g/mol. The molecular formula is C17H25FN2O3. The maximum atomic E-state index is 13.1. The van der Waals surface area contributed by atoms with Crippen molar-refractivity contribution in [1.29, 1.82) is 0 Å². The number of amides is 1. The minimum absolute atomic E-state index is 0.00413. The Labute approximate surface area is 136 Å². The van der Waals surface area contributed by atoms with Gasteiger partial charge in [-0.2, -0.15) is 0 Å². The Hall–Kier alpha value is -1.66. The molecule has 1 aliphatic heterocycles. The largest absolute Gasteiger partial charge is 0.489 e. The van der Waals surface area contributed by atoms with Gasteiger partial charge < -0.3 is 20.1 Å². The summed E-state index contributed by atoms with van der Waals surface area (Å²) in [4.78, 5) is 12.6. The van der Waals surface area contributed by atoms with Crippen LogP contribution in [0.2, 0.25) is 0 Å². The number of piperidine rings is 1. The highest BCUT2D eigenvalue weighted by molar-refractivity contribution is 5.83. The molecule has 23 heavy (non-hydrogen) atoms. The van der Waals surface area contributed by atoms with E-state index in [1.54, 1.807) is 19.2 Å². The third-order valence-electron chi connectivity index (χ3n) is 4.15. The van der Waals surface area contributed by atoms with Gasteiger partial charge in [-0.1, -0.05) is 6.07 Å². The van der Waals surface area contributed by atoms with Gasteiger partial charge in [0, 0.05) is 13.2 Å². The molecule has 1 aromatic rings. The van der Waals surface area contributed by atoms with Crippen LogP contribution in [0, 0.1) is 11.2 Å². The van der Waals surface area contributed by atoms with Crippen molar-refractivity contribution in [3.8, 4) is 5.75 Å². The number of ether oxygens (including phenoxy) is 2. The van der Waals surface area contributed by atoms with Gasteiger partial charge in [0.25, 0.3) is 0 Å². The van der Waals surface area contributed by atoms with E-state index in [1.807, 2.05) is 6.92 Å². The molecule has 1 heterocycles. The second kappa shape index (κ2) is 8.26. The molecule has 0 bridgehead atoms. The Kier molecular flexibility index (Phi) is 6.36. The molecule has 128 valence electrons. The number of benzene rings is 1. The molecule has 1 aliphatic rings. The molecule has 0 radical (unpaired) electrons. The lowest BCUT2D eigenvalue weighted by Crippen LogP contribution is -2.51. The average Bonchev–Trinajstić information content (AvgIpc) is 2.54. The molecule has 0 aliphatic carbocycles. The quantitative estimate of drug-likeness (QED) is 0.802. The number of halogens is 1. The van der Waals surface area contributed by atoms with Gasteiger partial charge in [0.15, 0.2) is 0 Å². The summed E-state index contributed by atoms with van der Waals surface area (Å²) in [5.74, 6) is 0.114. The van der Waals surface area contributed by atoms with Crippen LogP contribution in [0.4, 0.5) is 4.39 Å². The summed E-state index contributed by atoms with van der Waals surface area (Å²) in [5.41, 5.74) is -0.474. The smallest absolute Gasteiger partial charge is 0.228 e. The third-order valence-corrected chi connectivity index (χ3v) is 4.15. The number of hydrogen-bond donors (Lipinski definition) is 2. The summed E-state index contributed by atoms with van der Waals surface area (Å²) < 4.78 is 24.0. The zero-order valence-corrected chi connectivity index (χ0v) is 13.7. The Morgan fingerprint density at radius 2 is 2.17 bits per heavy atom. The fourth-order valence-electron chi connectivity index (χ4n) is 2.86. The first-order valence-corrected chi connectivity index (χ1v) is 7.96. The Morgan fingerprint density at radius 3 is 2.83 bits per heavy atom. The minimum Gasteiger partial charge on any atom is -0.489 e. The topological polar surface area (TPSA) is 59.6 Å². The van der Waals surface area contributed by atoms with Gasteiger partial charge in [0.1, 0.15) is 17.7 Å². The van der Waals surface area contributed by atoms with Crippen LogP contribution >= 0.6 is 0 Å². The molecule has 0 aromatic heterocycles. The normalized spacial score (nSPS) is 18.2. The van der Waals surface area contributed by atoms with Crippen LogP contribution in [0.5, 0.6) is 5.75 Å². The summed E-state index contributed by atoms with van der Waals surface area (Å²) >= 11 is 0. The van der Waals surface area contributed by atoms with Crippen LogP contribution in [-0.2, 0) is 9.53 Å². The van der Waals surface area contributed by atoms with Gasteiger partial charge in [-0.15, -0.1) is 0 Å². The number of carbonyl (C=O) groups is 1. The van der Waals surface area contributed by atoms with Crippen molar-refractivity contribution in [1.82, 2.24) is 10.6 Å². The second-order valence-electron chi connectivity index (χ2n) is 6.06. The van der Waals surface area contributed by atoms with Crippen molar-refractivity contribution in [2.75, 3.05) is 33.4 Å². The first-order chi connectivity index (χ1) is 11.1. The van der Waals surface area contributed by atoms with Crippen molar-refractivity contribution in [2.45, 2.75) is 25.9 Å². The predicted octanol–water partition coefficient (Wildman–Crippen LogP) is 1.73. The molecule has 0 spiro atoms. The summed E-state index contributed by atoms with van der Waals surface area (Å²) in [6, 6.07) is 5.99. The molecular weight excluding hydrogens is 299 g/mol. The van der Waals surface area contributed by atoms with E-state index in [2.05, 4.69) is 10.6 Å². The van der Waals surface area contributed by atoms with Crippen molar-refractivity contribution >= 4 is 5.91 Å². The number of hydrogen-bond acceptors (Lipinski definition) is 4. The molecule has 2 rings (SSSR count). The highest BCUT2D eigenvalue weighted by Gasteiger charge is 2.39. The molecule has 1 saturated heterocycles. The van der Waals surface area contributed by atoms with E-state index >= 15 is 0 Å². The van der Waals surface area contributed by atoms with Gasteiger partial charge in [0.2, 0.25) is 5.91 Å². The van der Waals surface area contributed by atoms with E-state index in [4.69, 9.17) is 9.47 Å². The first-order valence-electron chi connectivity index (χ1n) is 7.96. The molecule has 1 aromatic carbocycles. The van der Waals surface area contributed by atoms with Gasteiger partial charge in [-0.3, -0.25) is 4.79 Å². The Morgan fingerprint density at radius 1 is 1.43 bits per heavy atom. The van der Waals surface area contributed by atoms with Crippen LogP contribution in [0.1, 0.15) is 19.8 Å². The van der Waals surface area contributed by atoms with E-state index in [-0.39, 0.29) is 17.8 Å². The van der Waals surface area contributed by atoms with Gasteiger partial charge >= 0.3 is 0 Å². The molecule has 1 unspecified atom stereocenters. The van der Waals surface area contributed by atoms with E-state index < -0.39 is 5.41 Å². The summed E-state index contributed by atoms with van der Waals surface area (Å²) in [6.45, 7) is 4.25. The molecule has 1 atom stereocenters. The van der Waals surface area contributed by atoms with Crippen LogP contribution in [-0.4, -0.2) is 45.4 Å². The van der Waals surface area contributed by atoms with Crippen LogP contribution < -0.4 is 15.4 Å². The third kappa shape index (κ3) is 4.91. The van der Waals surface area contributed by atoms with Crippen molar-refractivity contribution in [2.24, 2.45) is 5.41 Å². The second-order valence-corrected chi connectivity index (χ2v) is 6.06. The van der Waals surface area contributed by atoms with Crippen LogP contribution in [0.15, 0.2) is 24.3 Å². The van der Waals surface area contributed by atoms with Crippen LogP contribution in [0.25, 0.3) is 0 Å². The summed E-state index contributed by atoms with van der Waals surface area (Å²) in [7, 11) is 1.62. The fraction of sp³-hybridized carbons (Fsp3) is 0.588. The maximum absolute atomic E-state index is 13.1. The zero-order chi connectivity index (χ0) is 16.7. The summed E-state index contributed by atoms with van der Waals surface area (Å²) in [5, 5.41) is 6.21. The monoisotopic (exact) mass is 324 g/mol. The Bertz CT molecular complexity index is 513. The molecule has 1 fully saturated rings. The summed E-state index contributed by atoms with van der Waals surface area (Å²) in [6.07, 6.45) is 1.26. The molecule has 6 heteroatoms. The van der Waals surface area contributed by atoms with E-state index in [0.29, 0.717) is 18.9 Å². The maximum Gasteiger partial charge on any atom is 0.228 e. The zero-order valence-electron chi connectivity index (χ0n) is 13.7. The van der Waals surface area contributed by atoms with E-state index in [1.165, 1.54) is 12.1 Å². The molecule has 5 nitrogen and oxygen atoms in total. The minimum atomic E-state index is -0.474. The van der Waals surface area contributed by atoms with Crippen molar-refractivity contribution < 1.29 is 18.7 Å². The lowest BCUT2D eigenvalue weighted by atomic mass is 9.78. The number of nitrogens with one attached hydrogen (secondary N) is 2. The standard InChI is InChI=1S/C17H25FN2O3/c1-13(23-15-5-3-4-14(18)10-15)11-20-16(21)17(12-22-2)6-8-19-9-7-17/h3-5,10,13,19H,6-9,11-12H2,1-2H3,(H,20,21). The van der Waals surface area contributed by atoms with Gasteiger partial charge in [0.05, 0.1) is 18.6 Å². The highest BCUT2D eigenvalue weighted by atomic mass is 19.1.